The first-order valence-corrected chi connectivity index (χ1v) is 7.08. The van der Waals surface area contributed by atoms with Crippen LogP contribution in [-0.2, 0) is 0 Å². The van der Waals surface area contributed by atoms with Crippen LogP contribution < -0.4 is 0 Å². The molecule has 16 heavy (non-hydrogen) atoms. The molecule has 1 unspecified atom stereocenters. The van der Waals surface area contributed by atoms with Crippen LogP contribution >= 0.6 is 39.3 Å². The first kappa shape index (κ1) is 14.1. The molecule has 88 valence electrons. The normalized spacial score (nSPS) is 13.6. The van der Waals surface area contributed by atoms with Crippen molar-refractivity contribution in [1.82, 2.24) is 0 Å². The zero-order valence-corrected chi connectivity index (χ0v) is 12.6. The molecule has 1 aromatic rings. The van der Waals surface area contributed by atoms with Gasteiger partial charge in [-0.05, 0) is 24.3 Å². The van der Waals surface area contributed by atoms with Gasteiger partial charge in [0.05, 0.1) is 0 Å². The maximum atomic E-state index is 12.0. The topological polar surface area (TPSA) is 17.1 Å². The lowest BCUT2D eigenvalue weighted by atomic mass is 10.1. The van der Waals surface area contributed by atoms with Gasteiger partial charge in [0.1, 0.15) is 4.16 Å². The molecule has 4 heteroatoms. The predicted octanol–water partition coefficient (Wildman–Crippen LogP) is 4.78. The van der Waals surface area contributed by atoms with Gasteiger partial charge < -0.3 is 0 Å². The molecule has 0 saturated carbocycles. The molecule has 0 bridgehead atoms. The molecule has 0 saturated heterocycles. The van der Waals surface area contributed by atoms with Crippen LogP contribution in [0.4, 0.5) is 0 Å². The Balaban J connectivity index is 2.74. The van der Waals surface area contributed by atoms with Crippen LogP contribution in [0.1, 0.15) is 31.1 Å². The van der Waals surface area contributed by atoms with E-state index in [0.717, 1.165) is 0 Å². The van der Waals surface area contributed by atoms with E-state index in [9.17, 15) is 4.79 Å². The van der Waals surface area contributed by atoms with E-state index in [1.54, 1.807) is 36.0 Å². The molecule has 0 aliphatic heterocycles. The molecule has 1 rings (SSSR count). The van der Waals surface area contributed by atoms with Crippen molar-refractivity contribution in [3.8, 4) is 0 Å². The van der Waals surface area contributed by atoms with Gasteiger partial charge in [0.2, 0.25) is 0 Å². The van der Waals surface area contributed by atoms with Gasteiger partial charge in [-0.2, -0.15) is 0 Å². The minimum Gasteiger partial charge on any atom is -0.292 e. The van der Waals surface area contributed by atoms with E-state index in [0.29, 0.717) is 10.6 Å². The molecule has 0 aliphatic rings. The first-order valence-electron chi connectivity index (χ1n) is 4.91. The molecular weight excluding hydrogens is 308 g/mol. The summed E-state index contributed by atoms with van der Waals surface area (Å²) in [6.07, 6.45) is 0. The summed E-state index contributed by atoms with van der Waals surface area (Å²) in [7, 11) is 0. The molecule has 1 atom stereocenters. The lowest BCUT2D eigenvalue weighted by Crippen LogP contribution is -2.18. The fraction of sp³-hybridized carbons (Fsp3) is 0.417. The largest absolute Gasteiger partial charge is 0.292 e. The van der Waals surface area contributed by atoms with Gasteiger partial charge in [-0.15, -0.1) is 11.8 Å². The summed E-state index contributed by atoms with van der Waals surface area (Å²) >= 11 is 10.8. The number of carbonyl (C=O) groups excluding carboxylic acids is 1. The van der Waals surface area contributed by atoms with Crippen LogP contribution in [0.5, 0.6) is 0 Å². The Bertz CT molecular complexity index is 370. The van der Waals surface area contributed by atoms with Crippen LogP contribution in [0.2, 0.25) is 5.02 Å². The number of ketones is 1. The van der Waals surface area contributed by atoms with E-state index in [1.807, 2.05) is 0 Å². The molecule has 0 aliphatic carbocycles. The molecule has 1 nitrogen and oxygen atoms in total. The summed E-state index contributed by atoms with van der Waals surface area (Å²) in [5.41, 5.74) is 0.683. The highest BCUT2D eigenvalue weighted by molar-refractivity contribution is 9.11. The SMILES string of the molecule is CC(C)(C)SC(Br)C(=O)c1ccc(Cl)cc1. The lowest BCUT2D eigenvalue weighted by Gasteiger charge is -2.20. The van der Waals surface area contributed by atoms with Gasteiger partial charge in [0.25, 0.3) is 0 Å². The second kappa shape index (κ2) is 5.56. The minimum absolute atomic E-state index is 0.0518. The zero-order valence-electron chi connectivity index (χ0n) is 9.46. The summed E-state index contributed by atoms with van der Waals surface area (Å²) in [5, 5.41) is 0.645. The third-order valence-electron chi connectivity index (χ3n) is 1.79. The third kappa shape index (κ3) is 4.48. The van der Waals surface area contributed by atoms with Crippen LogP contribution in [0.25, 0.3) is 0 Å². The van der Waals surface area contributed by atoms with Crippen LogP contribution in [-0.4, -0.2) is 14.7 Å². The van der Waals surface area contributed by atoms with Gasteiger partial charge in [-0.1, -0.05) is 48.3 Å². The third-order valence-corrected chi connectivity index (χ3v) is 4.15. The van der Waals surface area contributed by atoms with Gasteiger partial charge >= 0.3 is 0 Å². The Labute approximate surface area is 114 Å². The van der Waals surface area contributed by atoms with Crippen LogP contribution in [0.3, 0.4) is 0 Å². The molecule has 0 amide bonds. The van der Waals surface area contributed by atoms with Crippen molar-refractivity contribution in [3.05, 3.63) is 34.9 Å². The van der Waals surface area contributed by atoms with Crippen molar-refractivity contribution in [1.29, 1.82) is 0 Å². The Morgan fingerprint density at radius 2 is 1.81 bits per heavy atom. The molecule has 0 heterocycles. The van der Waals surface area contributed by atoms with Crippen molar-refractivity contribution < 1.29 is 4.79 Å². The second-order valence-electron chi connectivity index (χ2n) is 4.42. The highest BCUT2D eigenvalue weighted by Gasteiger charge is 2.23. The van der Waals surface area contributed by atoms with Gasteiger partial charge in [-0.25, -0.2) is 0 Å². The smallest absolute Gasteiger partial charge is 0.186 e. The number of hydrogen-bond donors (Lipinski definition) is 0. The van der Waals surface area contributed by atoms with Crippen molar-refractivity contribution in [2.24, 2.45) is 0 Å². The number of Topliss-reactive ketones (excluding diaryl/α,β-unsaturated/α-hetero) is 1. The maximum Gasteiger partial charge on any atom is 0.186 e. The number of benzene rings is 1. The molecule has 1 aromatic carbocycles. The van der Waals surface area contributed by atoms with E-state index < -0.39 is 0 Å². The molecule has 0 aromatic heterocycles. The maximum absolute atomic E-state index is 12.0. The molecule has 0 radical (unpaired) electrons. The number of carbonyl (C=O) groups is 1. The number of alkyl halides is 1. The Morgan fingerprint density at radius 1 is 1.31 bits per heavy atom. The molecule has 0 fully saturated rings. The summed E-state index contributed by atoms with van der Waals surface area (Å²) in [5.74, 6) is 0.0802. The number of rotatable bonds is 3. The fourth-order valence-corrected chi connectivity index (χ4v) is 4.05. The van der Waals surface area contributed by atoms with Crippen molar-refractivity contribution in [2.45, 2.75) is 29.7 Å². The average molecular weight is 322 g/mol. The quantitative estimate of drug-likeness (QED) is 0.589. The summed E-state index contributed by atoms with van der Waals surface area (Å²) < 4.78 is -0.162. The van der Waals surface area contributed by atoms with Crippen molar-refractivity contribution in [2.75, 3.05) is 0 Å². The lowest BCUT2D eigenvalue weighted by molar-refractivity contribution is 0.101. The van der Waals surface area contributed by atoms with E-state index in [1.165, 1.54) is 0 Å². The predicted molar refractivity (Wildman–Crippen MR) is 75.8 cm³/mol. The highest BCUT2D eigenvalue weighted by atomic mass is 79.9. The van der Waals surface area contributed by atoms with Crippen molar-refractivity contribution >= 4 is 45.1 Å². The highest BCUT2D eigenvalue weighted by Crippen LogP contribution is 2.33. The monoisotopic (exact) mass is 320 g/mol. The standard InChI is InChI=1S/C12H14BrClOS/c1-12(2,3)16-11(13)10(15)8-4-6-9(14)7-5-8/h4-7,11H,1-3H3. The van der Waals surface area contributed by atoms with Crippen molar-refractivity contribution in [3.63, 3.8) is 0 Å². The van der Waals surface area contributed by atoms with E-state index in [2.05, 4.69) is 36.7 Å². The number of hydrogen-bond acceptors (Lipinski definition) is 2. The second-order valence-corrected chi connectivity index (χ2v) is 8.31. The number of thioether (sulfide) groups is 1. The summed E-state index contributed by atoms with van der Waals surface area (Å²) in [6, 6.07) is 6.97. The zero-order chi connectivity index (χ0) is 12.3. The van der Waals surface area contributed by atoms with E-state index in [4.69, 9.17) is 11.6 Å². The van der Waals surface area contributed by atoms with Gasteiger partial charge in [-0.3, -0.25) is 4.79 Å². The van der Waals surface area contributed by atoms with Crippen LogP contribution in [0.15, 0.2) is 24.3 Å². The number of halogens is 2. The average Bonchev–Trinajstić information content (AvgIpc) is 2.15. The van der Waals surface area contributed by atoms with Gasteiger partial charge in [0, 0.05) is 15.3 Å². The Kier molecular flexibility index (Phi) is 4.89. The van der Waals surface area contributed by atoms with E-state index >= 15 is 0 Å². The molecule has 0 N–H and O–H groups in total. The molecule has 0 spiro atoms. The van der Waals surface area contributed by atoms with Crippen LogP contribution in [0, 0.1) is 0 Å². The van der Waals surface area contributed by atoms with E-state index in [-0.39, 0.29) is 14.7 Å². The Morgan fingerprint density at radius 3 is 2.25 bits per heavy atom. The minimum atomic E-state index is -0.214. The fourth-order valence-electron chi connectivity index (χ4n) is 1.11. The van der Waals surface area contributed by atoms with Gasteiger partial charge in [0.15, 0.2) is 5.78 Å². The summed E-state index contributed by atoms with van der Waals surface area (Å²) in [4.78, 5) is 12.0. The Hall–Kier alpha value is 0.01000. The summed E-state index contributed by atoms with van der Waals surface area (Å²) in [6.45, 7) is 6.25. The first-order chi connectivity index (χ1) is 7.29. The molecular formula is C12H14BrClOS.